The molecule has 2 aliphatic heterocycles. The second-order valence-electron chi connectivity index (χ2n) is 7.47. The number of nitriles is 1. The van der Waals surface area contributed by atoms with Crippen LogP contribution in [0, 0.1) is 31.0 Å². The summed E-state index contributed by atoms with van der Waals surface area (Å²) in [5, 5.41) is 15.9. The van der Waals surface area contributed by atoms with Crippen molar-refractivity contribution in [2.24, 2.45) is 15.1 Å². The van der Waals surface area contributed by atoms with E-state index in [0.29, 0.717) is 17.1 Å². The van der Waals surface area contributed by atoms with E-state index in [0.717, 1.165) is 28.2 Å². The maximum absolute atomic E-state index is 14.5. The highest BCUT2D eigenvalue weighted by Crippen LogP contribution is 2.34. The summed E-state index contributed by atoms with van der Waals surface area (Å²) in [4.78, 5) is 12.8. The normalized spacial score (nSPS) is 17.4. The molecule has 0 saturated heterocycles. The Morgan fingerprint density at radius 1 is 1.17 bits per heavy atom. The maximum atomic E-state index is 14.5. The molecule has 2 aliphatic rings. The van der Waals surface area contributed by atoms with Crippen LogP contribution in [0.4, 0.5) is 10.1 Å². The molecule has 192 valence electrons. The average Bonchev–Trinajstić information content (AvgIpc) is 3.17. The topological polar surface area (TPSA) is 97.8 Å². The van der Waals surface area contributed by atoms with Gasteiger partial charge in [-0.1, -0.05) is 45.9 Å². The lowest BCUT2D eigenvalue weighted by Gasteiger charge is -2.16. The lowest BCUT2D eigenvalue weighted by atomic mass is 9.98. The monoisotopic (exact) mass is 491 g/mol. The third-order valence-corrected chi connectivity index (χ3v) is 5.19. The average molecular weight is 492 g/mol. The summed E-state index contributed by atoms with van der Waals surface area (Å²) >= 11 is 0. The van der Waals surface area contributed by atoms with E-state index in [-0.39, 0.29) is 17.9 Å². The van der Waals surface area contributed by atoms with Gasteiger partial charge >= 0.3 is 0 Å². The molecule has 2 atom stereocenters. The molecule has 0 bridgehead atoms. The van der Waals surface area contributed by atoms with E-state index in [1.165, 1.54) is 6.07 Å². The van der Waals surface area contributed by atoms with E-state index in [1.807, 2.05) is 73.6 Å². The molecular weight excluding hydrogens is 453 g/mol. The van der Waals surface area contributed by atoms with Crippen LogP contribution in [0.15, 0.2) is 57.7 Å². The Kier molecular flexibility index (Phi) is 12.7. The van der Waals surface area contributed by atoms with Gasteiger partial charge < -0.3 is 5.32 Å². The van der Waals surface area contributed by atoms with Crippen LogP contribution in [0.25, 0.3) is 0 Å². The van der Waals surface area contributed by atoms with Crippen molar-refractivity contribution >= 4 is 22.9 Å². The van der Waals surface area contributed by atoms with Crippen LogP contribution in [0.1, 0.15) is 70.0 Å². The van der Waals surface area contributed by atoms with Crippen molar-refractivity contribution in [2.45, 2.75) is 67.5 Å². The van der Waals surface area contributed by atoms with Gasteiger partial charge in [0.05, 0.1) is 29.2 Å². The molecule has 0 spiro atoms. The smallest absolute Gasteiger partial charge is 0.136 e. The predicted molar refractivity (Wildman–Crippen MR) is 150 cm³/mol. The van der Waals surface area contributed by atoms with Crippen LogP contribution in [0.2, 0.25) is 0 Å². The highest BCUT2D eigenvalue weighted by molar-refractivity contribution is 6.11. The Bertz CT molecular complexity index is 1150. The van der Waals surface area contributed by atoms with E-state index >= 15 is 0 Å². The quantitative estimate of drug-likeness (QED) is 0.481. The number of fused-ring (bicyclic) bond motifs is 3. The summed E-state index contributed by atoms with van der Waals surface area (Å²) in [5.41, 5.74) is 8.62. The minimum atomic E-state index is -0.290. The van der Waals surface area contributed by atoms with E-state index in [4.69, 9.17) is 10.3 Å². The summed E-state index contributed by atoms with van der Waals surface area (Å²) in [5.74, 6) is 0.227. The van der Waals surface area contributed by atoms with Crippen LogP contribution in [0.3, 0.4) is 0 Å². The van der Waals surface area contributed by atoms with E-state index in [2.05, 4.69) is 25.8 Å². The Balaban J connectivity index is 0.000000461. The largest absolute Gasteiger partial charge is 0.338 e. The van der Waals surface area contributed by atoms with Crippen molar-refractivity contribution in [1.82, 2.24) is 10.4 Å². The van der Waals surface area contributed by atoms with Gasteiger partial charge in [-0.3, -0.25) is 20.4 Å². The number of hydrazone groups is 1. The molecule has 2 N–H and O–H groups in total. The van der Waals surface area contributed by atoms with Gasteiger partial charge in [0.1, 0.15) is 29.5 Å². The number of nitrogens with zero attached hydrogens (tertiary/aromatic N) is 5. The molecule has 2 unspecified atom stereocenters. The SMILES string of the molecule is C/C=C\C(C#N)=NC.CC.CC.CC1=NNC2c3cc(C)ncc3NC(c3c(C)cccc3F)=NC12. The number of allylic oxidation sites excluding steroid dienone is 2. The van der Waals surface area contributed by atoms with Gasteiger partial charge in [-0.2, -0.15) is 10.4 Å². The highest BCUT2D eigenvalue weighted by Gasteiger charge is 2.35. The molecular formula is C28H38FN7. The minimum absolute atomic E-state index is 0.0706. The summed E-state index contributed by atoms with van der Waals surface area (Å²) < 4.78 is 14.5. The third-order valence-electron chi connectivity index (χ3n) is 5.19. The zero-order chi connectivity index (χ0) is 27.3. The van der Waals surface area contributed by atoms with Gasteiger partial charge in [-0.05, 0) is 51.5 Å². The number of hydrogen-bond acceptors (Lipinski definition) is 7. The van der Waals surface area contributed by atoms with E-state index in [1.54, 1.807) is 31.5 Å². The molecule has 0 amide bonds. The number of aromatic nitrogens is 1. The molecule has 7 nitrogen and oxygen atoms in total. The van der Waals surface area contributed by atoms with Crippen molar-refractivity contribution in [3.05, 3.63) is 70.8 Å². The first-order valence-electron chi connectivity index (χ1n) is 12.3. The van der Waals surface area contributed by atoms with Crippen LogP contribution in [-0.4, -0.2) is 35.3 Å². The van der Waals surface area contributed by atoms with Crippen LogP contribution in [-0.2, 0) is 0 Å². The Morgan fingerprint density at radius 2 is 1.86 bits per heavy atom. The maximum Gasteiger partial charge on any atom is 0.136 e. The fourth-order valence-electron chi connectivity index (χ4n) is 3.58. The van der Waals surface area contributed by atoms with Crippen LogP contribution < -0.4 is 10.7 Å². The van der Waals surface area contributed by atoms with Crippen molar-refractivity contribution in [3.8, 4) is 6.07 Å². The number of rotatable bonds is 2. The molecule has 0 fully saturated rings. The lowest BCUT2D eigenvalue weighted by molar-refractivity contribution is 0.573. The standard InChI is InChI=1S/C18H18FN5.C6H8N2.2C2H6/c1-9-5-4-6-13(19)15(9)18-21-14-8-20-10(2)7-12(14)17-16(22-18)11(3)23-24-17;1-3-4-6(5-7)8-2;2*1-2/h4-8,16-17,24H,1-3H3,(H,21,22);3-4H,1-2H3;2*1-2H3/b;4-3-,8-6?;;. The molecule has 2 aromatic rings. The molecule has 0 saturated carbocycles. The number of aliphatic imine (C=N–C) groups is 2. The number of aryl methyl sites for hydroxylation is 2. The third kappa shape index (κ3) is 7.32. The first kappa shape index (κ1) is 30.2. The number of amidine groups is 1. The summed E-state index contributed by atoms with van der Waals surface area (Å²) in [6.07, 6.45) is 5.22. The molecule has 0 aliphatic carbocycles. The van der Waals surface area contributed by atoms with E-state index in [9.17, 15) is 4.39 Å². The number of halogens is 1. The minimum Gasteiger partial charge on any atom is -0.338 e. The van der Waals surface area contributed by atoms with Crippen LogP contribution in [0.5, 0.6) is 0 Å². The molecule has 1 aromatic heterocycles. The summed E-state index contributed by atoms with van der Waals surface area (Å²) in [6, 6.07) is 8.74. The van der Waals surface area contributed by atoms with Gasteiger partial charge in [0.15, 0.2) is 0 Å². The zero-order valence-corrected chi connectivity index (χ0v) is 22.8. The van der Waals surface area contributed by atoms with Crippen molar-refractivity contribution in [3.63, 3.8) is 0 Å². The number of pyridine rings is 1. The molecule has 1 aromatic carbocycles. The summed E-state index contributed by atoms with van der Waals surface area (Å²) in [7, 11) is 1.60. The molecule has 3 heterocycles. The van der Waals surface area contributed by atoms with Gasteiger partial charge in [0.25, 0.3) is 0 Å². The van der Waals surface area contributed by atoms with Gasteiger partial charge in [0.2, 0.25) is 0 Å². The van der Waals surface area contributed by atoms with Crippen LogP contribution >= 0.6 is 0 Å². The lowest BCUT2D eigenvalue weighted by Crippen LogP contribution is -2.24. The number of benzene rings is 1. The molecule has 0 radical (unpaired) electrons. The Labute approximate surface area is 215 Å². The van der Waals surface area contributed by atoms with Gasteiger partial charge in [0, 0.05) is 18.3 Å². The highest BCUT2D eigenvalue weighted by atomic mass is 19.1. The zero-order valence-electron chi connectivity index (χ0n) is 22.8. The number of hydrogen-bond donors (Lipinski definition) is 2. The van der Waals surface area contributed by atoms with E-state index < -0.39 is 0 Å². The van der Waals surface area contributed by atoms with Crippen molar-refractivity contribution in [2.75, 3.05) is 12.4 Å². The van der Waals surface area contributed by atoms with Crippen molar-refractivity contribution < 1.29 is 4.39 Å². The number of nitrogens with one attached hydrogen (secondary N) is 2. The van der Waals surface area contributed by atoms with Crippen molar-refractivity contribution in [1.29, 1.82) is 5.26 Å². The summed E-state index contributed by atoms with van der Waals surface area (Å²) in [6.45, 7) is 15.6. The second kappa shape index (κ2) is 15.2. The molecule has 36 heavy (non-hydrogen) atoms. The second-order valence-corrected chi connectivity index (χ2v) is 7.47. The predicted octanol–water partition coefficient (Wildman–Crippen LogP) is 6.31. The number of anilines is 1. The Hall–Kier alpha value is -3.86. The Morgan fingerprint density at radius 3 is 2.42 bits per heavy atom. The molecule has 8 heteroatoms. The first-order valence-corrected chi connectivity index (χ1v) is 12.3. The molecule has 4 rings (SSSR count). The van der Waals surface area contributed by atoms with Gasteiger partial charge in [-0.25, -0.2) is 4.39 Å². The fraction of sp³-hybridized carbons (Fsp3) is 0.393. The first-order chi connectivity index (χ1) is 17.4. The van der Waals surface area contributed by atoms with Gasteiger partial charge in [-0.15, -0.1) is 0 Å². The fourth-order valence-corrected chi connectivity index (χ4v) is 3.58.